The molecule has 3 aromatic heterocycles. The van der Waals surface area contributed by atoms with Crippen LogP contribution in [-0.4, -0.2) is 30.4 Å². The molecule has 0 aliphatic rings. The van der Waals surface area contributed by atoms with E-state index in [1.165, 1.54) is 0 Å². The fraction of sp³-hybridized carbons (Fsp3) is 0.190. The Balaban J connectivity index is 1.51. The van der Waals surface area contributed by atoms with E-state index in [1.807, 2.05) is 49.7 Å². The van der Waals surface area contributed by atoms with E-state index in [0.29, 0.717) is 12.1 Å². The number of hydrogen-bond acceptors (Lipinski definition) is 5. The van der Waals surface area contributed by atoms with E-state index in [1.54, 1.807) is 24.5 Å². The van der Waals surface area contributed by atoms with Crippen molar-refractivity contribution in [3.05, 3.63) is 77.3 Å². The van der Waals surface area contributed by atoms with Crippen molar-refractivity contribution in [3.8, 4) is 5.82 Å². The number of nitrogens with zero attached hydrogens (tertiary/aromatic N) is 5. The minimum atomic E-state index is -0.154. The predicted octanol–water partition coefficient (Wildman–Crippen LogP) is 3.07. The lowest BCUT2D eigenvalue weighted by molar-refractivity contribution is 0.0951. The average Bonchev–Trinajstić information content (AvgIpc) is 3.13. The molecule has 4 rings (SSSR count). The topological polar surface area (TPSA) is 85.6 Å². The third kappa shape index (κ3) is 3.46. The zero-order valence-corrected chi connectivity index (χ0v) is 16.0. The zero-order chi connectivity index (χ0) is 19.7. The van der Waals surface area contributed by atoms with Gasteiger partial charge in [-0.05, 0) is 56.7 Å². The van der Waals surface area contributed by atoms with Crippen LogP contribution in [-0.2, 0) is 6.54 Å². The van der Waals surface area contributed by atoms with Gasteiger partial charge >= 0.3 is 0 Å². The molecule has 0 unspecified atom stereocenters. The Kier molecular flexibility index (Phi) is 4.57. The lowest BCUT2D eigenvalue weighted by atomic mass is 10.1. The van der Waals surface area contributed by atoms with Crippen LogP contribution < -0.4 is 5.32 Å². The van der Waals surface area contributed by atoms with E-state index < -0.39 is 0 Å². The highest BCUT2D eigenvalue weighted by Crippen LogP contribution is 2.15. The number of benzene rings is 1. The number of carbonyl (C=O) groups is 1. The first kappa shape index (κ1) is 17.8. The van der Waals surface area contributed by atoms with Gasteiger partial charge in [0.25, 0.3) is 5.91 Å². The van der Waals surface area contributed by atoms with E-state index in [9.17, 15) is 4.79 Å². The van der Waals surface area contributed by atoms with E-state index in [0.717, 1.165) is 39.6 Å². The van der Waals surface area contributed by atoms with Crippen molar-refractivity contribution < 1.29 is 4.79 Å². The highest BCUT2D eigenvalue weighted by atomic mass is 16.1. The summed E-state index contributed by atoms with van der Waals surface area (Å²) in [6, 6.07) is 9.20. The molecule has 7 heteroatoms. The third-order valence-electron chi connectivity index (χ3n) is 4.67. The van der Waals surface area contributed by atoms with Gasteiger partial charge in [0.15, 0.2) is 0 Å². The van der Waals surface area contributed by atoms with E-state index in [2.05, 4.69) is 25.3 Å². The molecule has 0 saturated heterocycles. The molecule has 3 heterocycles. The molecule has 0 fully saturated rings. The van der Waals surface area contributed by atoms with Crippen LogP contribution in [0.15, 0.2) is 48.9 Å². The molecule has 1 amide bonds. The number of nitrogens with one attached hydrogen (secondary N) is 1. The summed E-state index contributed by atoms with van der Waals surface area (Å²) < 4.78 is 1.90. The number of imidazole rings is 1. The maximum Gasteiger partial charge on any atom is 0.251 e. The van der Waals surface area contributed by atoms with Crippen LogP contribution in [0.25, 0.3) is 16.9 Å². The predicted molar refractivity (Wildman–Crippen MR) is 106 cm³/mol. The van der Waals surface area contributed by atoms with Gasteiger partial charge < -0.3 is 5.32 Å². The maximum absolute atomic E-state index is 12.6. The first-order valence-electron chi connectivity index (χ1n) is 9.00. The van der Waals surface area contributed by atoms with E-state index >= 15 is 0 Å². The first-order chi connectivity index (χ1) is 13.5. The van der Waals surface area contributed by atoms with E-state index in [4.69, 9.17) is 0 Å². The molecule has 0 aliphatic heterocycles. The molecule has 140 valence electrons. The fourth-order valence-electron chi connectivity index (χ4n) is 2.98. The minimum Gasteiger partial charge on any atom is -0.348 e. The van der Waals surface area contributed by atoms with Crippen LogP contribution in [0.4, 0.5) is 0 Å². The molecule has 0 aliphatic carbocycles. The summed E-state index contributed by atoms with van der Waals surface area (Å²) in [5, 5.41) is 2.95. The largest absolute Gasteiger partial charge is 0.348 e. The van der Waals surface area contributed by atoms with Crippen LogP contribution in [0.2, 0.25) is 0 Å². The number of rotatable bonds is 4. The van der Waals surface area contributed by atoms with Gasteiger partial charge in [0.05, 0.1) is 22.4 Å². The zero-order valence-electron chi connectivity index (χ0n) is 16.0. The van der Waals surface area contributed by atoms with Gasteiger partial charge in [0.1, 0.15) is 11.6 Å². The Morgan fingerprint density at radius 1 is 0.964 bits per heavy atom. The summed E-state index contributed by atoms with van der Waals surface area (Å²) in [5.41, 5.74) is 4.78. The molecule has 0 radical (unpaired) electrons. The summed E-state index contributed by atoms with van der Waals surface area (Å²) in [4.78, 5) is 30.2. The van der Waals surface area contributed by atoms with Crippen molar-refractivity contribution >= 4 is 16.9 Å². The number of hydrogen-bond donors (Lipinski definition) is 1. The molecule has 0 atom stereocenters. The Morgan fingerprint density at radius 2 is 1.75 bits per heavy atom. The fourth-order valence-corrected chi connectivity index (χ4v) is 2.98. The molecular formula is C21H20N6O. The molecule has 28 heavy (non-hydrogen) atoms. The molecule has 1 N–H and O–H groups in total. The van der Waals surface area contributed by atoms with Crippen molar-refractivity contribution in [2.75, 3.05) is 0 Å². The summed E-state index contributed by atoms with van der Waals surface area (Å²) in [6.07, 6.45) is 5.32. The van der Waals surface area contributed by atoms with Crippen molar-refractivity contribution in [3.63, 3.8) is 0 Å². The molecular weight excluding hydrogens is 352 g/mol. The van der Waals surface area contributed by atoms with Gasteiger partial charge in [0.2, 0.25) is 0 Å². The Morgan fingerprint density at radius 3 is 2.50 bits per heavy atom. The second kappa shape index (κ2) is 7.19. The molecule has 7 nitrogen and oxygen atoms in total. The molecule has 1 aromatic carbocycles. The second-order valence-corrected chi connectivity index (χ2v) is 6.65. The van der Waals surface area contributed by atoms with Crippen molar-refractivity contribution in [2.45, 2.75) is 27.3 Å². The number of fused-ring (bicyclic) bond motifs is 1. The number of aryl methyl sites for hydroxylation is 3. The Hall–Kier alpha value is -3.61. The summed E-state index contributed by atoms with van der Waals surface area (Å²) >= 11 is 0. The Labute approximate surface area is 162 Å². The third-order valence-corrected chi connectivity index (χ3v) is 4.67. The van der Waals surface area contributed by atoms with Gasteiger partial charge in [-0.15, -0.1) is 0 Å². The van der Waals surface area contributed by atoms with Crippen molar-refractivity contribution in [1.82, 2.24) is 29.8 Å². The van der Waals surface area contributed by atoms with Gasteiger partial charge in [0, 0.05) is 30.7 Å². The maximum atomic E-state index is 12.6. The Bertz CT molecular complexity index is 1180. The number of aromatic nitrogens is 5. The van der Waals surface area contributed by atoms with Gasteiger partial charge in [-0.2, -0.15) is 0 Å². The average molecular weight is 372 g/mol. The number of carbonyl (C=O) groups excluding carboxylic acids is 1. The van der Waals surface area contributed by atoms with Crippen LogP contribution >= 0.6 is 0 Å². The summed E-state index contributed by atoms with van der Waals surface area (Å²) in [5.74, 6) is 1.48. The number of amides is 1. The second-order valence-electron chi connectivity index (χ2n) is 6.65. The highest BCUT2D eigenvalue weighted by molar-refractivity contribution is 5.97. The highest BCUT2D eigenvalue weighted by Gasteiger charge is 2.09. The van der Waals surface area contributed by atoms with Gasteiger partial charge in [-0.1, -0.05) is 0 Å². The van der Waals surface area contributed by atoms with Gasteiger partial charge in [-0.25, -0.2) is 19.9 Å². The lowest BCUT2D eigenvalue weighted by Crippen LogP contribution is -2.23. The van der Waals surface area contributed by atoms with Crippen LogP contribution in [0.5, 0.6) is 0 Å². The van der Waals surface area contributed by atoms with E-state index in [-0.39, 0.29) is 5.91 Å². The van der Waals surface area contributed by atoms with Gasteiger partial charge in [-0.3, -0.25) is 9.36 Å². The lowest BCUT2D eigenvalue weighted by Gasteiger charge is -2.09. The monoisotopic (exact) mass is 372 g/mol. The van der Waals surface area contributed by atoms with Crippen molar-refractivity contribution in [1.29, 1.82) is 0 Å². The molecule has 4 aromatic rings. The molecule has 0 saturated carbocycles. The van der Waals surface area contributed by atoms with Crippen LogP contribution in [0.1, 0.15) is 33.1 Å². The molecule has 0 spiro atoms. The number of pyridine rings is 1. The normalized spacial score (nSPS) is 11.0. The summed E-state index contributed by atoms with van der Waals surface area (Å²) in [7, 11) is 0. The van der Waals surface area contributed by atoms with Crippen molar-refractivity contribution in [2.24, 2.45) is 0 Å². The van der Waals surface area contributed by atoms with Crippen LogP contribution in [0.3, 0.4) is 0 Å². The quantitative estimate of drug-likeness (QED) is 0.595. The van der Waals surface area contributed by atoms with Crippen LogP contribution in [0, 0.1) is 20.8 Å². The summed E-state index contributed by atoms with van der Waals surface area (Å²) in [6.45, 7) is 6.16. The standard InChI is InChI=1S/C21H20N6O/c1-13-14(2)26-19-11-17(4-5-18(19)25-13)21(28)24-12-16-6-7-23-20(10-16)27-9-8-22-15(27)3/h4-11H,12H2,1-3H3,(H,24,28). The first-order valence-corrected chi connectivity index (χ1v) is 9.00. The molecule has 0 bridgehead atoms. The SMILES string of the molecule is Cc1nc2ccc(C(=O)NCc3ccnc(-n4ccnc4C)c3)cc2nc1C. The minimum absolute atomic E-state index is 0.154. The smallest absolute Gasteiger partial charge is 0.251 e.